The van der Waals surface area contributed by atoms with Gasteiger partial charge in [-0.05, 0) is 73.1 Å². The maximum absolute atomic E-state index is 14.4. The van der Waals surface area contributed by atoms with Crippen molar-refractivity contribution in [2.75, 3.05) is 9.80 Å². The van der Waals surface area contributed by atoms with Crippen LogP contribution in [0.2, 0.25) is 5.02 Å². The molecule has 3 N–H and O–H groups in total. The summed E-state index contributed by atoms with van der Waals surface area (Å²) in [7, 11) is -1.77. The minimum absolute atomic E-state index is 0.0484. The van der Waals surface area contributed by atoms with Crippen LogP contribution < -0.4 is 15.3 Å². The van der Waals surface area contributed by atoms with Crippen LogP contribution in [0, 0.1) is 29.1 Å². The van der Waals surface area contributed by atoms with Gasteiger partial charge in [-0.15, -0.1) is 0 Å². The van der Waals surface area contributed by atoms with Gasteiger partial charge in [-0.25, -0.2) is 4.90 Å². The summed E-state index contributed by atoms with van der Waals surface area (Å²) in [5.41, 5.74) is 0.912. The second-order valence-corrected chi connectivity index (χ2v) is 12.6. The lowest BCUT2D eigenvalue weighted by atomic mass is 9.51. The molecule has 2 aliphatic heterocycles. The van der Waals surface area contributed by atoms with Crippen LogP contribution in [0.3, 0.4) is 0 Å². The van der Waals surface area contributed by atoms with Crippen molar-refractivity contribution >= 4 is 59.2 Å². The smallest absolute Gasteiger partial charge is 0.488 e. The second kappa shape index (κ2) is 10.2. The predicted octanol–water partition coefficient (Wildman–Crippen LogP) is 3.16. The Morgan fingerprint density at radius 1 is 0.841 bits per heavy atom. The Morgan fingerprint density at radius 3 is 2.27 bits per heavy atom. The number of amides is 4. The number of anilines is 2. The number of halogens is 1. The first-order chi connectivity index (χ1) is 21.0. The number of aromatic hydroxyl groups is 1. The van der Waals surface area contributed by atoms with Crippen LogP contribution in [0.15, 0.2) is 84.4 Å². The van der Waals surface area contributed by atoms with Crippen molar-refractivity contribution in [3.8, 4) is 5.75 Å². The molecule has 222 valence electrons. The fourth-order valence-corrected chi connectivity index (χ4v) is 8.30. The summed E-state index contributed by atoms with van der Waals surface area (Å²) in [5, 5.41) is 29.7. The van der Waals surface area contributed by atoms with E-state index in [1.165, 1.54) is 29.2 Å². The van der Waals surface area contributed by atoms with Gasteiger partial charge < -0.3 is 15.2 Å². The van der Waals surface area contributed by atoms with Gasteiger partial charge in [-0.1, -0.05) is 59.6 Å². The first-order valence-corrected chi connectivity index (χ1v) is 14.9. The van der Waals surface area contributed by atoms with E-state index >= 15 is 0 Å². The maximum Gasteiger partial charge on any atom is 0.488 e. The van der Waals surface area contributed by atoms with E-state index in [2.05, 4.69) is 0 Å². The number of fused-ring (bicyclic) bond motifs is 4. The number of benzene rings is 3. The topological polar surface area (TPSA) is 135 Å². The van der Waals surface area contributed by atoms with E-state index in [0.717, 1.165) is 10.5 Å². The number of rotatable bonds is 4. The van der Waals surface area contributed by atoms with Gasteiger partial charge in [-0.2, -0.15) is 0 Å². The normalized spacial score (nSPS) is 29.4. The molecule has 44 heavy (non-hydrogen) atoms. The van der Waals surface area contributed by atoms with Gasteiger partial charge >= 0.3 is 7.12 Å². The minimum Gasteiger partial charge on any atom is -0.508 e. The van der Waals surface area contributed by atoms with Crippen LogP contribution >= 0.6 is 11.6 Å². The average molecular weight is 611 g/mol. The molecule has 2 aliphatic carbocycles. The third-order valence-corrected chi connectivity index (χ3v) is 10.3. The van der Waals surface area contributed by atoms with E-state index < -0.39 is 53.9 Å². The average Bonchev–Trinajstić information content (AvgIpc) is 3.37. The van der Waals surface area contributed by atoms with Gasteiger partial charge in [0.25, 0.3) is 0 Å². The zero-order chi connectivity index (χ0) is 31.1. The Hall–Kier alpha value is -4.25. The first kappa shape index (κ1) is 28.5. The molecule has 6 atom stereocenters. The van der Waals surface area contributed by atoms with Crippen molar-refractivity contribution in [3.05, 3.63) is 95.0 Å². The lowest BCUT2D eigenvalue weighted by Gasteiger charge is -2.49. The molecule has 2 heterocycles. The molecule has 1 saturated carbocycles. The number of hydrogen-bond donors (Lipinski definition) is 3. The number of phenols is 1. The van der Waals surface area contributed by atoms with Crippen LogP contribution in [0.25, 0.3) is 0 Å². The Morgan fingerprint density at radius 2 is 1.57 bits per heavy atom. The lowest BCUT2D eigenvalue weighted by Crippen LogP contribution is -2.49. The molecule has 0 spiro atoms. The van der Waals surface area contributed by atoms with Crippen LogP contribution in [-0.4, -0.2) is 45.9 Å². The van der Waals surface area contributed by atoms with E-state index in [1.807, 2.05) is 6.08 Å². The molecule has 3 fully saturated rings. The standard InChI is InChI=1S/C33H28BClN2O7/c1-33-25(30(40)37(32(33)42)18-7-3-2-4-8-18)16-24-21(28(33)22-11-10-20(38)15-26(22)35)12-13-23-27(24)31(41)36(29(23)39)19-9-5-6-17(14-19)34(43)44/h2-12,14-15,23-25,27-28,38,43-44H,13,16H2,1H3. The third-order valence-electron chi connectivity index (χ3n) is 10.0. The Bertz CT molecular complexity index is 1780. The van der Waals surface area contributed by atoms with Crippen LogP contribution in [0.1, 0.15) is 31.2 Å². The van der Waals surface area contributed by atoms with E-state index in [4.69, 9.17) is 11.6 Å². The molecule has 3 aromatic carbocycles. The fraction of sp³-hybridized carbons (Fsp3) is 0.273. The van der Waals surface area contributed by atoms with Gasteiger partial charge in [0.2, 0.25) is 23.6 Å². The van der Waals surface area contributed by atoms with Crippen molar-refractivity contribution in [2.45, 2.75) is 25.7 Å². The molecule has 3 aromatic rings. The predicted molar refractivity (Wildman–Crippen MR) is 163 cm³/mol. The molecule has 0 bridgehead atoms. The van der Waals surface area contributed by atoms with E-state index in [9.17, 15) is 34.3 Å². The summed E-state index contributed by atoms with van der Waals surface area (Å²) < 4.78 is 0. The Labute approximate surface area is 258 Å². The van der Waals surface area contributed by atoms with E-state index in [0.29, 0.717) is 11.3 Å². The summed E-state index contributed by atoms with van der Waals surface area (Å²) in [6, 6.07) is 19.3. The maximum atomic E-state index is 14.4. The summed E-state index contributed by atoms with van der Waals surface area (Å²) in [6.45, 7) is 1.78. The molecule has 0 radical (unpaired) electrons. The van der Waals surface area contributed by atoms with Gasteiger partial charge in [0.15, 0.2) is 0 Å². The highest BCUT2D eigenvalue weighted by Crippen LogP contribution is 2.64. The summed E-state index contributed by atoms with van der Waals surface area (Å²) >= 11 is 6.72. The van der Waals surface area contributed by atoms with Crippen molar-refractivity contribution < 1.29 is 34.3 Å². The van der Waals surface area contributed by atoms with Crippen molar-refractivity contribution in [1.82, 2.24) is 0 Å². The highest BCUT2D eigenvalue weighted by molar-refractivity contribution is 6.58. The summed E-state index contributed by atoms with van der Waals surface area (Å²) in [4.78, 5) is 58.8. The Balaban J connectivity index is 1.36. The number of para-hydroxylation sites is 1. The molecular formula is C33H28BClN2O7. The number of imide groups is 2. The number of hydrogen-bond acceptors (Lipinski definition) is 7. The minimum atomic E-state index is -1.77. The summed E-state index contributed by atoms with van der Waals surface area (Å²) in [5.74, 6) is -5.14. The first-order valence-electron chi connectivity index (χ1n) is 14.5. The van der Waals surface area contributed by atoms with E-state index in [-0.39, 0.29) is 46.6 Å². The van der Waals surface area contributed by atoms with Crippen molar-refractivity contribution in [2.24, 2.45) is 29.1 Å². The molecular weight excluding hydrogens is 583 g/mol. The monoisotopic (exact) mass is 610 g/mol. The molecule has 11 heteroatoms. The third kappa shape index (κ3) is 3.94. The zero-order valence-electron chi connectivity index (χ0n) is 23.6. The van der Waals surface area contributed by atoms with Crippen molar-refractivity contribution in [1.29, 1.82) is 0 Å². The number of phenolic OH excluding ortho intramolecular Hbond substituents is 1. The largest absolute Gasteiger partial charge is 0.508 e. The SMILES string of the molecule is CC12C(=O)N(c3ccccc3)C(=O)C1CC1C(=CCC3C(=O)N(c4cccc(B(O)O)c4)C(=O)C31)C2c1ccc(O)cc1Cl. The second-order valence-electron chi connectivity index (χ2n) is 12.2. The van der Waals surface area contributed by atoms with E-state index in [1.54, 1.807) is 55.5 Å². The van der Waals surface area contributed by atoms with Crippen molar-refractivity contribution in [3.63, 3.8) is 0 Å². The van der Waals surface area contributed by atoms with Gasteiger partial charge in [0, 0.05) is 10.9 Å². The number of carbonyl (C=O) groups excluding carboxylic acids is 4. The molecule has 2 saturated heterocycles. The molecule has 0 aromatic heterocycles. The van der Waals surface area contributed by atoms with Gasteiger partial charge in [0.05, 0.1) is 34.5 Å². The Kier molecular flexibility index (Phi) is 6.58. The quantitative estimate of drug-likeness (QED) is 0.235. The number of carbonyl (C=O) groups is 4. The summed E-state index contributed by atoms with van der Waals surface area (Å²) in [6.07, 6.45) is 2.36. The van der Waals surface area contributed by atoms with Crippen LogP contribution in [-0.2, 0) is 19.2 Å². The number of allylic oxidation sites excluding steroid dienone is 2. The molecule has 6 unspecified atom stereocenters. The highest BCUT2D eigenvalue weighted by atomic mass is 35.5. The van der Waals surface area contributed by atoms with Crippen LogP contribution in [0.4, 0.5) is 11.4 Å². The lowest BCUT2D eigenvalue weighted by molar-refractivity contribution is -0.131. The van der Waals surface area contributed by atoms with Crippen LogP contribution in [0.5, 0.6) is 5.75 Å². The molecule has 9 nitrogen and oxygen atoms in total. The highest BCUT2D eigenvalue weighted by Gasteiger charge is 2.67. The fourth-order valence-electron chi connectivity index (χ4n) is 8.01. The molecule has 7 rings (SSSR count). The van der Waals surface area contributed by atoms with Gasteiger partial charge in [-0.3, -0.25) is 24.1 Å². The number of nitrogens with zero attached hydrogens (tertiary/aromatic N) is 2. The van der Waals surface area contributed by atoms with Gasteiger partial charge in [0.1, 0.15) is 5.75 Å². The zero-order valence-corrected chi connectivity index (χ0v) is 24.4. The molecule has 4 amide bonds. The molecule has 4 aliphatic rings.